The van der Waals surface area contributed by atoms with E-state index >= 15 is 0 Å². The number of rotatable bonds is 4. The van der Waals surface area contributed by atoms with Gasteiger partial charge in [0.15, 0.2) is 0 Å². The van der Waals surface area contributed by atoms with Crippen LogP contribution in [0.15, 0.2) is 71.1 Å². The Labute approximate surface area is 132 Å². The minimum Gasteiger partial charge on any atom is -0.401 e. The SMILES string of the molecule is c1ccc(Nc2nnc(-c3cc(-c4ccccc4)n[nH]3)o2)cc1. The second-order valence-corrected chi connectivity index (χ2v) is 4.94. The van der Waals surface area contributed by atoms with E-state index in [1.807, 2.05) is 66.7 Å². The van der Waals surface area contributed by atoms with Gasteiger partial charge in [0, 0.05) is 11.3 Å². The highest BCUT2D eigenvalue weighted by Crippen LogP contribution is 2.24. The Morgan fingerprint density at radius 2 is 1.61 bits per heavy atom. The summed E-state index contributed by atoms with van der Waals surface area (Å²) in [5, 5.41) is 18.3. The number of para-hydroxylation sites is 1. The van der Waals surface area contributed by atoms with E-state index in [0.717, 1.165) is 16.9 Å². The molecule has 112 valence electrons. The lowest BCUT2D eigenvalue weighted by Crippen LogP contribution is -1.88. The van der Waals surface area contributed by atoms with Gasteiger partial charge in [0.05, 0.1) is 5.69 Å². The van der Waals surface area contributed by atoms with Gasteiger partial charge in [-0.2, -0.15) is 5.10 Å². The quantitative estimate of drug-likeness (QED) is 0.598. The molecule has 0 aliphatic heterocycles. The lowest BCUT2D eigenvalue weighted by atomic mass is 10.1. The Hall–Kier alpha value is -3.41. The van der Waals surface area contributed by atoms with Gasteiger partial charge >= 0.3 is 6.01 Å². The zero-order valence-corrected chi connectivity index (χ0v) is 12.1. The molecule has 0 spiro atoms. The second kappa shape index (κ2) is 5.76. The molecule has 0 saturated heterocycles. The maximum Gasteiger partial charge on any atom is 0.320 e. The fourth-order valence-corrected chi connectivity index (χ4v) is 2.22. The number of aromatic amines is 1. The number of nitrogens with one attached hydrogen (secondary N) is 2. The van der Waals surface area contributed by atoms with Gasteiger partial charge in [-0.3, -0.25) is 5.10 Å². The van der Waals surface area contributed by atoms with Gasteiger partial charge in [-0.15, -0.1) is 5.10 Å². The van der Waals surface area contributed by atoms with E-state index in [1.54, 1.807) is 0 Å². The summed E-state index contributed by atoms with van der Waals surface area (Å²) in [7, 11) is 0. The van der Waals surface area contributed by atoms with E-state index in [0.29, 0.717) is 17.6 Å². The summed E-state index contributed by atoms with van der Waals surface area (Å²) in [6, 6.07) is 21.8. The van der Waals surface area contributed by atoms with Crippen molar-refractivity contribution in [3.8, 4) is 22.8 Å². The van der Waals surface area contributed by atoms with Gasteiger partial charge in [0.25, 0.3) is 5.89 Å². The summed E-state index contributed by atoms with van der Waals surface area (Å²) in [5.74, 6) is 0.387. The van der Waals surface area contributed by atoms with Gasteiger partial charge in [-0.25, -0.2) is 0 Å². The van der Waals surface area contributed by atoms with Crippen molar-refractivity contribution in [2.45, 2.75) is 0 Å². The first-order chi connectivity index (χ1) is 11.4. The Kier molecular flexibility index (Phi) is 3.32. The number of benzene rings is 2. The van der Waals surface area contributed by atoms with Crippen molar-refractivity contribution in [1.29, 1.82) is 0 Å². The Morgan fingerprint density at radius 3 is 2.39 bits per heavy atom. The number of hydrogen-bond acceptors (Lipinski definition) is 5. The molecule has 0 radical (unpaired) electrons. The van der Waals surface area contributed by atoms with Crippen LogP contribution in [-0.2, 0) is 0 Å². The van der Waals surface area contributed by atoms with Crippen molar-refractivity contribution < 1.29 is 4.42 Å². The lowest BCUT2D eigenvalue weighted by molar-refractivity contribution is 0.585. The highest BCUT2D eigenvalue weighted by atomic mass is 16.4. The summed E-state index contributed by atoms with van der Waals surface area (Å²) in [6.45, 7) is 0. The number of aromatic nitrogens is 4. The first kappa shape index (κ1) is 13.3. The minimum absolute atomic E-state index is 0.335. The van der Waals surface area contributed by atoms with Crippen LogP contribution in [0.2, 0.25) is 0 Å². The van der Waals surface area contributed by atoms with Gasteiger partial charge in [0.2, 0.25) is 0 Å². The normalized spacial score (nSPS) is 10.6. The summed E-state index contributed by atoms with van der Waals surface area (Å²) in [6.07, 6.45) is 0. The maximum atomic E-state index is 5.62. The molecule has 0 bridgehead atoms. The first-order valence-corrected chi connectivity index (χ1v) is 7.15. The molecule has 0 amide bonds. The fraction of sp³-hybridized carbons (Fsp3) is 0. The third-order valence-corrected chi connectivity index (χ3v) is 3.33. The lowest BCUT2D eigenvalue weighted by Gasteiger charge is -1.98. The van der Waals surface area contributed by atoms with Gasteiger partial charge < -0.3 is 9.73 Å². The first-order valence-electron chi connectivity index (χ1n) is 7.15. The van der Waals surface area contributed by atoms with E-state index < -0.39 is 0 Å². The molecule has 2 heterocycles. The molecule has 0 atom stereocenters. The van der Waals surface area contributed by atoms with Gasteiger partial charge in [0.1, 0.15) is 5.69 Å². The predicted molar refractivity (Wildman–Crippen MR) is 87.0 cm³/mol. The monoisotopic (exact) mass is 303 g/mol. The van der Waals surface area contributed by atoms with Crippen LogP contribution < -0.4 is 5.32 Å². The van der Waals surface area contributed by atoms with Crippen LogP contribution in [0, 0.1) is 0 Å². The molecule has 0 aliphatic rings. The van der Waals surface area contributed by atoms with Crippen LogP contribution in [0.1, 0.15) is 0 Å². The Balaban J connectivity index is 1.56. The molecule has 0 unspecified atom stereocenters. The molecule has 2 N–H and O–H groups in total. The van der Waals surface area contributed by atoms with Crippen LogP contribution in [0.5, 0.6) is 0 Å². The molecule has 4 aromatic rings. The zero-order valence-electron chi connectivity index (χ0n) is 12.1. The van der Waals surface area contributed by atoms with E-state index in [1.165, 1.54) is 0 Å². The largest absolute Gasteiger partial charge is 0.401 e. The molecule has 0 fully saturated rings. The van der Waals surface area contributed by atoms with Crippen molar-refractivity contribution in [1.82, 2.24) is 20.4 Å². The molecule has 6 nitrogen and oxygen atoms in total. The van der Waals surface area contributed by atoms with Crippen molar-refractivity contribution in [2.24, 2.45) is 0 Å². The predicted octanol–water partition coefficient (Wildman–Crippen LogP) is 3.87. The molecule has 0 aliphatic carbocycles. The molecule has 4 rings (SSSR count). The third kappa shape index (κ3) is 2.82. The van der Waals surface area contributed by atoms with Crippen molar-refractivity contribution in [3.05, 3.63) is 66.7 Å². The highest BCUT2D eigenvalue weighted by Gasteiger charge is 2.12. The van der Waals surface area contributed by atoms with E-state index in [4.69, 9.17) is 4.42 Å². The average molecular weight is 303 g/mol. The molecular formula is C17H13N5O. The summed E-state index contributed by atoms with van der Waals surface area (Å²) in [5.41, 5.74) is 3.42. The van der Waals surface area contributed by atoms with Crippen LogP contribution in [0.4, 0.5) is 11.7 Å². The number of hydrogen-bond donors (Lipinski definition) is 2. The van der Waals surface area contributed by atoms with E-state index in [9.17, 15) is 0 Å². The Bertz CT molecular complexity index is 899. The molecule has 0 saturated carbocycles. The van der Waals surface area contributed by atoms with Crippen molar-refractivity contribution >= 4 is 11.7 Å². The number of H-pyrrole nitrogens is 1. The summed E-state index contributed by atoms with van der Waals surface area (Å²) < 4.78 is 5.62. The molecular weight excluding hydrogens is 290 g/mol. The fourth-order valence-electron chi connectivity index (χ4n) is 2.22. The zero-order chi connectivity index (χ0) is 15.5. The summed E-state index contributed by atoms with van der Waals surface area (Å²) >= 11 is 0. The van der Waals surface area contributed by atoms with Crippen LogP contribution >= 0.6 is 0 Å². The van der Waals surface area contributed by atoms with Crippen molar-refractivity contribution in [2.75, 3.05) is 5.32 Å². The molecule has 2 aromatic carbocycles. The average Bonchev–Trinajstić information content (AvgIpc) is 3.26. The highest BCUT2D eigenvalue weighted by molar-refractivity contribution is 5.64. The minimum atomic E-state index is 0.335. The van der Waals surface area contributed by atoms with E-state index in [2.05, 4.69) is 25.7 Å². The molecule has 23 heavy (non-hydrogen) atoms. The van der Waals surface area contributed by atoms with E-state index in [-0.39, 0.29) is 0 Å². The second-order valence-electron chi connectivity index (χ2n) is 4.94. The van der Waals surface area contributed by atoms with Crippen LogP contribution in [-0.4, -0.2) is 20.4 Å². The Morgan fingerprint density at radius 1 is 0.870 bits per heavy atom. The van der Waals surface area contributed by atoms with Gasteiger partial charge in [-0.05, 0) is 18.2 Å². The molecule has 6 heteroatoms. The van der Waals surface area contributed by atoms with Crippen LogP contribution in [0.3, 0.4) is 0 Å². The number of anilines is 2. The third-order valence-electron chi connectivity index (χ3n) is 3.33. The van der Waals surface area contributed by atoms with Gasteiger partial charge in [-0.1, -0.05) is 53.6 Å². The maximum absolute atomic E-state index is 5.62. The standard InChI is InChI=1S/C17H13N5O/c1-3-7-12(8-4-1)14-11-15(20-19-14)16-21-22-17(23-16)18-13-9-5-2-6-10-13/h1-11H,(H,18,22)(H,19,20). The van der Waals surface area contributed by atoms with Crippen LogP contribution in [0.25, 0.3) is 22.8 Å². The number of nitrogens with zero attached hydrogens (tertiary/aromatic N) is 3. The topological polar surface area (TPSA) is 79.6 Å². The van der Waals surface area contributed by atoms with Crippen molar-refractivity contribution in [3.63, 3.8) is 0 Å². The smallest absolute Gasteiger partial charge is 0.320 e. The summed E-state index contributed by atoms with van der Waals surface area (Å²) in [4.78, 5) is 0. The molecule has 2 aromatic heterocycles.